The summed E-state index contributed by atoms with van der Waals surface area (Å²) >= 11 is 0. The molecule has 4 nitrogen and oxygen atoms in total. The molecule has 0 aliphatic carbocycles. The average molecular weight is 214 g/mol. The molecule has 1 N–H and O–H groups in total. The monoisotopic (exact) mass is 214 g/mol. The highest BCUT2D eigenvalue weighted by molar-refractivity contribution is 5.78. The van der Waals surface area contributed by atoms with Crippen molar-refractivity contribution in [3.63, 3.8) is 0 Å². The van der Waals surface area contributed by atoms with Gasteiger partial charge in [0.1, 0.15) is 5.54 Å². The number of likely N-dealkylation sites (N-methyl/N-ethyl adjacent to an activating group) is 1. The van der Waals surface area contributed by atoms with Crippen LogP contribution in [0.5, 0.6) is 0 Å². The molecule has 1 aliphatic rings. The smallest absolute Gasteiger partial charge is 0.323 e. The summed E-state index contributed by atoms with van der Waals surface area (Å²) in [7, 11) is 2.08. The highest BCUT2D eigenvalue weighted by Crippen LogP contribution is 2.23. The third kappa shape index (κ3) is 2.69. The number of carbonyl (C=O) groups is 1. The quantitative estimate of drug-likeness (QED) is 0.754. The Morgan fingerprint density at radius 3 is 2.27 bits per heavy atom. The van der Waals surface area contributed by atoms with Gasteiger partial charge in [-0.3, -0.25) is 9.69 Å². The van der Waals surface area contributed by atoms with Gasteiger partial charge in [0, 0.05) is 26.2 Å². The van der Waals surface area contributed by atoms with Gasteiger partial charge in [-0.1, -0.05) is 13.3 Å². The molecule has 1 unspecified atom stereocenters. The van der Waals surface area contributed by atoms with Gasteiger partial charge in [-0.15, -0.1) is 0 Å². The summed E-state index contributed by atoms with van der Waals surface area (Å²) in [4.78, 5) is 15.7. The number of hydrogen-bond donors (Lipinski definition) is 1. The zero-order valence-electron chi connectivity index (χ0n) is 9.99. The first-order chi connectivity index (χ1) is 7.00. The summed E-state index contributed by atoms with van der Waals surface area (Å²) in [6.45, 7) is 7.54. The van der Waals surface area contributed by atoms with Crippen LogP contribution in [-0.2, 0) is 4.79 Å². The summed E-state index contributed by atoms with van der Waals surface area (Å²) in [5, 5.41) is 9.33. The van der Waals surface area contributed by atoms with E-state index in [1.807, 2.05) is 13.8 Å². The van der Waals surface area contributed by atoms with Crippen LogP contribution in [0.3, 0.4) is 0 Å². The van der Waals surface area contributed by atoms with Crippen molar-refractivity contribution in [2.24, 2.45) is 0 Å². The molecule has 0 aromatic rings. The first-order valence-electron chi connectivity index (χ1n) is 5.67. The topological polar surface area (TPSA) is 43.8 Å². The Balaban J connectivity index is 2.68. The first-order valence-corrected chi connectivity index (χ1v) is 5.67. The maximum atomic E-state index is 11.3. The molecule has 0 spiro atoms. The van der Waals surface area contributed by atoms with Crippen LogP contribution in [0.15, 0.2) is 0 Å². The maximum Gasteiger partial charge on any atom is 0.323 e. The van der Waals surface area contributed by atoms with Crippen molar-refractivity contribution < 1.29 is 9.90 Å². The van der Waals surface area contributed by atoms with Gasteiger partial charge in [0.25, 0.3) is 0 Å². The lowest BCUT2D eigenvalue weighted by atomic mass is 9.93. The van der Waals surface area contributed by atoms with Gasteiger partial charge in [0.2, 0.25) is 0 Å². The normalized spacial score (nSPS) is 23.7. The molecule has 4 heteroatoms. The van der Waals surface area contributed by atoms with E-state index < -0.39 is 11.5 Å². The molecule has 0 amide bonds. The highest BCUT2D eigenvalue weighted by Gasteiger charge is 2.39. The second-order valence-corrected chi connectivity index (χ2v) is 4.62. The van der Waals surface area contributed by atoms with Crippen LogP contribution in [0.4, 0.5) is 0 Å². The van der Waals surface area contributed by atoms with Crippen LogP contribution < -0.4 is 0 Å². The predicted molar refractivity (Wildman–Crippen MR) is 60.0 cm³/mol. The van der Waals surface area contributed by atoms with Crippen LogP contribution in [0.1, 0.15) is 26.7 Å². The minimum Gasteiger partial charge on any atom is -0.480 e. The van der Waals surface area contributed by atoms with E-state index in [1.54, 1.807) is 0 Å². The molecular weight excluding hydrogens is 192 g/mol. The van der Waals surface area contributed by atoms with Gasteiger partial charge in [-0.2, -0.15) is 0 Å². The molecule has 15 heavy (non-hydrogen) atoms. The predicted octanol–water partition coefficient (Wildman–Crippen LogP) is 0.877. The van der Waals surface area contributed by atoms with Crippen LogP contribution in [0.2, 0.25) is 0 Å². The Labute approximate surface area is 91.9 Å². The Morgan fingerprint density at radius 1 is 1.33 bits per heavy atom. The van der Waals surface area contributed by atoms with Crippen molar-refractivity contribution in [2.75, 3.05) is 33.2 Å². The molecule has 0 radical (unpaired) electrons. The minimum absolute atomic E-state index is 0.671. The molecule has 0 saturated carbocycles. The van der Waals surface area contributed by atoms with Crippen molar-refractivity contribution in [1.29, 1.82) is 0 Å². The lowest BCUT2D eigenvalue weighted by molar-refractivity contribution is -0.152. The van der Waals surface area contributed by atoms with E-state index in [0.29, 0.717) is 0 Å². The van der Waals surface area contributed by atoms with Gasteiger partial charge >= 0.3 is 5.97 Å². The third-order valence-corrected chi connectivity index (χ3v) is 3.40. The summed E-state index contributed by atoms with van der Waals surface area (Å²) < 4.78 is 0. The lowest BCUT2D eigenvalue weighted by Crippen LogP contribution is -2.58. The first kappa shape index (κ1) is 12.5. The zero-order valence-corrected chi connectivity index (χ0v) is 9.99. The Kier molecular flexibility index (Phi) is 4.11. The van der Waals surface area contributed by atoms with Gasteiger partial charge in [0.05, 0.1) is 0 Å². The molecular formula is C11H22N2O2. The van der Waals surface area contributed by atoms with Gasteiger partial charge in [-0.05, 0) is 20.4 Å². The Bertz CT molecular complexity index is 225. The number of rotatable bonds is 4. The number of nitrogens with zero attached hydrogens (tertiary/aromatic N) is 2. The minimum atomic E-state index is -0.686. The highest BCUT2D eigenvalue weighted by atomic mass is 16.4. The lowest BCUT2D eigenvalue weighted by Gasteiger charge is -2.42. The van der Waals surface area contributed by atoms with Gasteiger partial charge in [0.15, 0.2) is 0 Å². The average Bonchev–Trinajstić information content (AvgIpc) is 2.18. The Hall–Kier alpha value is -0.610. The molecule has 1 rings (SSSR count). The van der Waals surface area contributed by atoms with E-state index in [2.05, 4.69) is 16.8 Å². The molecule has 0 bridgehead atoms. The van der Waals surface area contributed by atoms with E-state index in [4.69, 9.17) is 0 Å². The fraction of sp³-hybridized carbons (Fsp3) is 0.909. The fourth-order valence-electron chi connectivity index (χ4n) is 2.19. The SMILES string of the molecule is CCCC(C)(C(=O)O)N1CCN(C)CC1. The van der Waals surface area contributed by atoms with Crippen molar-refractivity contribution >= 4 is 5.97 Å². The van der Waals surface area contributed by atoms with Gasteiger partial charge in [-0.25, -0.2) is 0 Å². The third-order valence-electron chi connectivity index (χ3n) is 3.40. The molecule has 1 fully saturated rings. The van der Waals surface area contributed by atoms with E-state index in [9.17, 15) is 9.90 Å². The fourth-order valence-corrected chi connectivity index (χ4v) is 2.19. The van der Waals surface area contributed by atoms with Crippen LogP contribution >= 0.6 is 0 Å². The molecule has 1 saturated heterocycles. The number of aliphatic carboxylic acids is 1. The van der Waals surface area contributed by atoms with Crippen molar-refractivity contribution in [1.82, 2.24) is 9.80 Å². The maximum absolute atomic E-state index is 11.3. The largest absolute Gasteiger partial charge is 0.480 e. The molecule has 1 aliphatic heterocycles. The van der Waals surface area contributed by atoms with Crippen LogP contribution in [-0.4, -0.2) is 59.6 Å². The van der Waals surface area contributed by atoms with Crippen molar-refractivity contribution in [3.05, 3.63) is 0 Å². The van der Waals surface area contributed by atoms with E-state index in [0.717, 1.165) is 39.0 Å². The number of hydrogen-bond acceptors (Lipinski definition) is 3. The number of carboxylic acid groups (broad SMARTS) is 1. The molecule has 1 atom stereocenters. The van der Waals surface area contributed by atoms with Crippen molar-refractivity contribution in [3.8, 4) is 0 Å². The van der Waals surface area contributed by atoms with E-state index >= 15 is 0 Å². The molecule has 88 valence electrons. The second-order valence-electron chi connectivity index (χ2n) is 4.62. The Morgan fingerprint density at radius 2 is 1.87 bits per heavy atom. The number of carboxylic acids is 1. The van der Waals surface area contributed by atoms with E-state index in [1.165, 1.54) is 0 Å². The number of piperazine rings is 1. The van der Waals surface area contributed by atoms with Crippen LogP contribution in [0.25, 0.3) is 0 Å². The van der Waals surface area contributed by atoms with Crippen LogP contribution in [0, 0.1) is 0 Å². The molecule has 0 aromatic carbocycles. The summed E-state index contributed by atoms with van der Waals surface area (Å²) in [5.41, 5.74) is -0.671. The van der Waals surface area contributed by atoms with Crippen molar-refractivity contribution in [2.45, 2.75) is 32.2 Å². The van der Waals surface area contributed by atoms with E-state index in [-0.39, 0.29) is 0 Å². The van der Waals surface area contributed by atoms with Gasteiger partial charge < -0.3 is 10.0 Å². The molecule has 0 aromatic heterocycles. The standard InChI is InChI=1S/C11H22N2O2/c1-4-5-11(2,10(14)15)13-8-6-12(3)7-9-13/h4-9H2,1-3H3,(H,14,15). The summed E-state index contributed by atoms with van der Waals surface area (Å²) in [6, 6.07) is 0. The zero-order chi connectivity index (χ0) is 11.5. The molecule has 1 heterocycles. The summed E-state index contributed by atoms with van der Waals surface area (Å²) in [6.07, 6.45) is 1.64. The second kappa shape index (κ2) is 4.94. The summed E-state index contributed by atoms with van der Waals surface area (Å²) in [5.74, 6) is -0.686.